The zero-order valence-electron chi connectivity index (χ0n) is 14.8. The van der Waals surface area contributed by atoms with Crippen molar-refractivity contribution in [3.63, 3.8) is 0 Å². The number of amides is 1. The van der Waals surface area contributed by atoms with E-state index >= 15 is 0 Å². The number of fused-ring (bicyclic) bond motifs is 1. The molecule has 1 aromatic carbocycles. The molecule has 1 aromatic rings. The highest BCUT2D eigenvalue weighted by atomic mass is 16.6. The van der Waals surface area contributed by atoms with Gasteiger partial charge in [-0.3, -0.25) is 0 Å². The van der Waals surface area contributed by atoms with Gasteiger partial charge in [0, 0.05) is 32.6 Å². The van der Waals surface area contributed by atoms with Gasteiger partial charge in [0.2, 0.25) is 0 Å². The number of benzene rings is 1. The molecule has 1 unspecified atom stereocenters. The van der Waals surface area contributed by atoms with E-state index in [9.17, 15) is 4.79 Å². The van der Waals surface area contributed by atoms with Crippen LogP contribution in [-0.4, -0.2) is 43.3 Å². The molecule has 1 aliphatic rings. The highest BCUT2D eigenvalue weighted by molar-refractivity contribution is 5.67. The quantitative estimate of drug-likeness (QED) is 0.905. The number of rotatable bonds is 5. The summed E-state index contributed by atoms with van der Waals surface area (Å²) < 4.78 is 10.9. The van der Waals surface area contributed by atoms with Gasteiger partial charge in [0.25, 0.3) is 0 Å². The fourth-order valence-corrected chi connectivity index (χ4v) is 2.47. The van der Waals surface area contributed by atoms with E-state index < -0.39 is 5.60 Å². The maximum atomic E-state index is 11.9. The summed E-state index contributed by atoms with van der Waals surface area (Å²) in [5.41, 5.74) is 2.06. The van der Waals surface area contributed by atoms with E-state index in [2.05, 4.69) is 24.4 Å². The number of hydrogen-bond acceptors (Lipinski definition) is 4. The zero-order chi connectivity index (χ0) is 17.0. The predicted molar refractivity (Wildman–Crippen MR) is 90.9 cm³/mol. The van der Waals surface area contributed by atoms with E-state index in [-0.39, 0.29) is 12.1 Å². The number of nitrogens with zero attached hydrogens (tertiary/aromatic N) is 1. The van der Waals surface area contributed by atoms with Crippen molar-refractivity contribution in [2.45, 2.75) is 45.8 Å². The molecular formula is C18H28N2O3. The van der Waals surface area contributed by atoms with Crippen molar-refractivity contribution in [3.8, 4) is 5.75 Å². The third-order valence-electron chi connectivity index (χ3n) is 3.82. The molecule has 128 valence electrons. The zero-order valence-corrected chi connectivity index (χ0v) is 14.8. The highest BCUT2D eigenvalue weighted by Crippen LogP contribution is 2.27. The van der Waals surface area contributed by atoms with Crippen LogP contribution in [0.15, 0.2) is 18.2 Å². The second-order valence-corrected chi connectivity index (χ2v) is 7.04. The molecule has 0 radical (unpaired) electrons. The first-order chi connectivity index (χ1) is 10.8. The molecule has 0 fully saturated rings. The van der Waals surface area contributed by atoms with Crippen LogP contribution in [0, 0.1) is 0 Å². The lowest BCUT2D eigenvalue weighted by molar-refractivity contribution is 0.0299. The minimum atomic E-state index is -0.460. The average molecular weight is 320 g/mol. The van der Waals surface area contributed by atoms with Gasteiger partial charge in [-0.2, -0.15) is 0 Å². The molecule has 1 aliphatic heterocycles. The Hall–Kier alpha value is -1.75. The van der Waals surface area contributed by atoms with Crippen LogP contribution in [0.4, 0.5) is 4.79 Å². The molecule has 1 heterocycles. The monoisotopic (exact) mass is 320 g/mol. The first-order valence-corrected chi connectivity index (χ1v) is 8.19. The second-order valence-electron chi connectivity index (χ2n) is 7.04. The van der Waals surface area contributed by atoms with Gasteiger partial charge in [0.05, 0.1) is 6.61 Å². The molecule has 23 heavy (non-hydrogen) atoms. The minimum absolute atomic E-state index is 0.230. The van der Waals surface area contributed by atoms with Crippen LogP contribution in [-0.2, 0) is 11.2 Å². The molecule has 0 aliphatic carbocycles. The minimum Gasteiger partial charge on any atom is -0.493 e. The molecule has 2 rings (SSSR count). The van der Waals surface area contributed by atoms with Gasteiger partial charge < -0.3 is 19.7 Å². The molecular weight excluding hydrogens is 292 g/mol. The third kappa shape index (κ3) is 5.13. The Kier molecular flexibility index (Phi) is 5.52. The number of likely N-dealkylation sites (N-methyl/N-ethyl adjacent to an activating group) is 1. The highest BCUT2D eigenvalue weighted by Gasteiger charge is 2.19. The van der Waals surface area contributed by atoms with Crippen LogP contribution < -0.4 is 10.1 Å². The predicted octanol–water partition coefficient (Wildman–Crippen LogP) is 3.14. The average Bonchev–Trinajstić information content (AvgIpc) is 2.92. The Morgan fingerprint density at radius 2 is 2.17 bits per heavy atom. The third-order valence-corrected chi connectivity index (χ3v) is 3.82. The molecule has 1 atom stereocenters. The summed E-state index contributed by atoms with van der Waals surface area (Å²) in [5.74, 6) is 1.01. The summed E-state index contributed by atoms with van der Waals surface area (Å²) in [6, 6.07) is 6.58. The van der Waals surface area contributed by atoms with Crippen molar-refractivity contribution in [3.05, 3.63) is 29.3 Å². The van der Waals surface area contributed by atoms with Gasteiger partial charge >= 0.3 is 6.09 Å². The first kappa shape index (κ1) is 17.6. The van der Waals surface area contributed by atoms with Crippen LogP contribution in [0.1, 0.15) is 44.9 Å². The largest absolute Gasteiger partial charge is 0.493 e. The standard InChI is InChI=1S/C18H28N2O3/c1-13(14-6-7-16-15(12-14)8-11-22-16)19-9-10-20(5)17(21)23-18(2,3)4/h6-7,12-13,19H,8-11H2,1-5H3. The summed E-state index contributed by atoms with van der Waals surface area (Å²) in [5, 5.41) is 3.45. The van der Waals surface area contributed by atoms with Crippen LogP contribution in [0.3, 0.4) is 0 Å². The van der Waals surface area contributed by atoms with E-state index in [4.69, 9.17) is 9.47 Å². The second kappa shape index (κ2) is 7.21. The maximum absolute atomic E-state index is 11.9. The lowest BCUT2D eigenvalue weighted by atomic mass is 10.0. The van der Waals surface area contributed by atoms with Crippen molar-refractivity contribution in [2.24, 2.45) is 0 Å². The topological polar surface area (TPSA) is 50.8 Å². The molecule has 0 saturated carbocycles. The lowest BCUT2D eigenvalue weighted by Crippen LogP contribution is -2.38. The number of carbonyl (C=O) groups excluding carboxylic acids is 1. The van der Waals surface area contributed by atoms with Crippen LogP contribution >= 0.6 is 0 Å². The van der Waals surface area contributed by atoms with Gasteiger partial charge in [-0.25, -0.2) is 4.79 Å². The van der Waals surface area contributed by atoms with Crippen molar-refractivity contribution < 1.29 is 14.3 Å². The molecule has 0 saturated heterocycles. The summed E-state index contributed by atoms with van der Waals surface area (Å²) in [4.78, 5) is 13.5. The van der Waals surface area contributed by atoms with Gasteiger partial charge in [-0.15, -0.1) is 0 Å². The van der Waals surface area contributed by atoms with Crippen LogP contribution in [0.25, 0.3) is 0 Å². The fraction of sp³-hybridized carbons (Fsp3) is 0.611. The van der Waals surface area contributed by atoms with Crippen molar-refractivity contribution in [1.82, 2.24) is 10.2 Å². The van der Waals surface area contributed by atoms with Crippen molar-refractivity contribution in [1.29, 1.82) is 0 Å². The number of hydrogen-bond donors (Lipinski definition) is 1. The summed E-state index contributed by atoms with van der Waals surface area (Å²) in [6.07, 6.45) is 0.693. The Balaban J connectivity index is 1.78. The van der Waals surface area contributed by atoms with Gasteiger partial charge in [-0.05, 0) is 44.9 Å². The molecule has 1 N–H and O–H groups in total. The van der Waals surface area contributed by atoms with E-state index in [0.29, 0.717) is 13.1 Å². The van der Waals surface area contributed by atoms with E-state index in [0.717, 1.165) is 18.8 Å². The van der Waals surface area contributed by atoms with Crippen LogP contribution in [0.5, 0.6) is 5.75 Å². The summed E-state index contributed by atoms with van der Waals surface area (Å²) in [7, 11) is 1.76. The molecule has 5 nitrogen and oxygen atoms in total. The van der Waals surface area contributed by atoms with Crippen LogP contribution in [0.2, 0.25) is 0 Å². The number of nitrogens with one attached hydrogen (secondary N) is 1. The Labute approximate surface area is 139 Å². The Morgan fingerprint density at radius 1 is 1.43 bits per heavy atom. The van der Waals surface area contributed by atoms with E-state index in [1.165, 1.54) is 11.1 Å². The molecule has 0 aromatic heterocycles. The number of ether oxygens (including phenoxy) is 2. The first-order valence-electron chi connectivity index (χ1n) is 8.19. The van der Waals surface area contributed by atoms with Gasteiger partial charge in [-0.1, -0.05) is 12.1 Å². The van der Waals surface area contributed by atoms with E-state index in [1.807, 2.05) is 26.8 Å². The molecule has 5 heteroatoms. The Bertz CT molecular complexity index is 552. The number of carbonyl (C=O) groups is 1. The van der Waals surface area contributed by atoms with E-state index in [1.54, 1.807) is 11.9 Å². The summed E-state index contributed by atoms with van der Waals surface area (Å²) >= 11 is 0. The summed E-state index contributed by atoms with van der Waals surface area (Å²) in [6.45, 7) is 9.84. The van der Waals surface area contributed by atoms with Crippen molar-refractivity contribution in [2.75, 3.05) is 26.7 Å². The SMILES string of the molecule is CC(NCCN(C)C(=O)OC(C)(C)C)c1ccc2c(c1)CCO2. The molecule has 0 bridgehead atoms. The van der Waals surface area contributed by atoms with Gasteiger partial charge in [0.1, 0.15) is 11.4 Å². The molecule has 1 amide bonds. The van der Waals surface area contributed by atoms with Crippen molar-refractivity contribution >= 4 is 6.09 Å². The smallest absolute Gasteiger partial charge is 0.410 e. The molecule has 0 spiro atoms. The fourth-order valence-electron chi connectivity index (χ4n) is 2.47. The Morgan fingerprint density at radius 3 is 2.87 bits per heavy atom. The van der Waals surface area contributed by atoms with Gasteiger partial charge in [0.15, 0.2) is 0 Å². The normalized spacial score (nSPS) is 14.8. The maximum Gasteiger partial charge on any atom is 0.410 e. The lowest BCUT2D eigenvalue weighted by Gasteiger charge is -2.25.